The molecule has 0 aliphatic rings. The minimum atomic E-state index is -0.876. The molecule has 1 rings (SSSR count). The van der Waals surface area contributed by atoms with Crippen LogP contribution in [0.25, 0.3) is 0 Å². The Bertz CT molecular complexity index is 493. The van der Waals surface area contributed by atoms with E-state index in [0.29, 0.717) is 17.3 Å². The van der Waals surface area contributed by atoms with E-state index in [0.717, 1.165) is 0 Å². The first kappa shape index (κ1) is 16.5. The molecule has 6 heteroatoms. The summed E-state index contributed by atoms with van der Waals surface area (Å²) in [4.78, 5) is 24.6. The topological polar surface area (TPSA) is 69.6 Å². The monoisotopic (exact) mass is 298 g/mol. The van der Waals surface area contributed by atoms with Gasteiger partial charge in [0.05, 0.1) is 12.0 Å². The molecule has 1 aromatic carbocycles. The number of carbonyl (C=O) groups is 2. The molecule has 2 atom stereocenters. The Kier molecular flexibility index (Phi) is 5.98. The second kappa shape index (κ2) is 7.26. The molecule has 0 radical (unpaired) electrons. The lowest BCUT2D eigenvalue weighted by molar-refractivity contribution is -0.142. The van der Waals surface area contributed by atoms with Crippen LogP contribution in [0, 0.1) is 5.92 Å². The standard InChI is InChI=1S/C14H19ClN2O3/c1-9(14(19)20)8-17(3)10(2)13(18)16-12-6-4-5-11(15)7-12/h4-7,9-10H,8H2,1-3H3,(H,16,18)(H,19,20). The molecule has 1 amide bonds. The van der Waals surface area contributed by atoms with Gasteiger partial charge in [-0.1, -0.05) is 24.6 Å². The average Bonchev–Trinajstić information content (AvgIpc) is 2.37. The zero-order valence-corrected chi connectivity index (χ0v) is 12.5. The fourth-order valence-electron chi connectivity index (χ4n) is 1.68. The lowest BCUT2D eigenvalue weighted by atomic mass is 10.1. The van der Waals surface area contributed by atoms with Crippen LogP contribution in [0.1, 0.15) is 13.8 Å². The van der Waals surface area contributed by atoms with E-state index in [9.17, 15) is 9.59 Å². The van der Waals surface area contributed by atoms with Gasteiger partial charge in [0.2, 0.25) is 5.91 Å². The number of carbonyl (C=O) groups excluding carboxylic acids is 1. The molecule has 5 nitrogen and oxygen atoms in total. The average molecular weight is 299 g/mol. The molecule has 0 aliphatic carbocycles. The normalized spacial score (nSPS) is 13.8. The first-order valence-electron chi connectivity index (χ1n) is 6.30. The van der Waals surface area contributed by atoms with Crippen molar-refractivity contribution in [2.45, 2.75) is 19.9 Å². The van der Waals surface area contributed by atoms with Crippen LogP contribution >= 0.6 is 11.6 Å². The summed E-state index contributed by atoms with van der Waals surface area (Å²) >= 11 is 5.85. The number of rotatable bonds is 6. The first-order valence-corrected chi connectivity index (χ1v) is 6.68. The predicted molar refractivity (Wildman–Crippen MR) is 79.0 cm³/mol. The molecule has 1 aromatic rings. The molecule has 0 bridgehead atoms. The van der Waals surface area contributed by atoms with Gasteiger partial charge in [0.25, 0.3) is 0 Å². The van der Waals surface area contributed by atoms with Gasteiger partial charge in [-0.15, -0.1) is 0 Å². The first-order chi connectivity index (χ1) is 9.31. The minimum absolute atomic E-state index is 0.202. The predicted octanol–water partition coefficient (Wildman–Crippen LogP) is 2.32. The highest BCUT2D eigenvalue weighted by atomic mass is 35.5. The SMILES string of the molecule is CC(CN(C)C(C)C(=O)Nc1cccc(Cl)c1)C(=O)O. The number of hydrogen-bond donors (Lipinski definition) is 2. The van der Waals surface area contributed by atoms with Gasteiger partial charge in [-0.25, -0.2) is 0 Å². The molecule has 0 heterocycles. The Morgan fingerprint density at radius 3 is 2.60 bits per heavy atom. The van der Waals surface area contributed by atoms with E-state index < -0.39 is 17.9 Å². The second-order valence-corrected chi connectivity index (χ2v) is 5.29. The van der Waals surface area contributed by atoms with E-state index in [-0.39, 0.29) is 5.91 Å². The number of benzene rings is 1. The Morgan fingerprint density at radius 2 is 2.05 bits per heavy atom. The van der Waals surface area contributed by atoms with Gasteiger partial charge in [-0.2, -0.15) is 0 Å². The third kappa shape index (κ3) is 4.83. The molecule has 0 fully saturated rings. The Balaban J connectivity index is 2.60. The molecule has 0 saturated heterocycles. The van der Waals surface area contributed by atoms with Crippen molar-refractivity contribution >= 4 is 29.2 Å². The van der Waals surface area contributed by atoms with Crippen LogP contribution < -0.4 is 5.32 Å². The number of nitrogens with zero attached hydrogens (tertiary/aromatic N) is 1. The maximum Gasteiger partial charge on any atom is 0.307 e. The Hall–Kier alpha value is -1.59. The summed E-state index contributed by atoms with van der Waals surface area (Å²) in [7, 11) is 1.72. The summed E-state index contributed by atoms with van der Waals surface area (Å²) in [5.74, 6) is -1.60. The van der Waals surface area contributed by atoms with Crippen LogP contribution in [-0.2, 0) is 9.59 Å². The van der Waals surface area contributed by atoms with Crippen molar-refractivity contribution in [3.8, 4) is 0 Å². The van der Waals surface area contributed by atoms with Crippen molar-refractivity contribution < 1.29 is 14.7 Å². The number of aliphatic carboxylic acids is 1. The molecule has 0 spiro atoms. The Labute approximate surface area is 123 Å². The summed E-state index contributed by atoms with van der Waals surface area (Å²) < 4.78 is 0. The van der Waals surface area contributed by atoms with Crippen LogP contribution in [-0.4, -0.2) is 41.5 Å². The van der Waals surface area contributed by atoms with Gasteiger partial charge in [0.15, 0.2) is 0 Å². The van der Waals surface area contributed by atoms with E-state index in [1.54, 1.807) is 50.1 Å². The zero-order chi connectivity index (χ0) is 15.3. The third-order valence-electron chi connectivity index (χ3n) is 3.12. The molecular weight excluding hydrogens is 280 g/mol. The fraction of sp³-hybridized carbons (Fsp3) is 0.429. The lowest BCUT2D eigenvalue weighted by Gasteiger charge is -2.25. The fourth-order valence-corrected chi connectivity index (χ4v) is 1.87. The lowest BCUT2D eigenvalue weighted by Crippen LogP contribution is -2.42. The molecule has 0 saturated carbocycles. The quantitative estimate of drug-likeness (QED) is 0.845. The number of amides is 1. The minimum Gasteiger partial charge on any atom is -0.481 e. The van der Waals surface area contributed by atoms with Crippen LogP contribution in [0.4, 0.5) is 5.69 Å². The van der Waals surface area contributed by atoms with Crippen LogP contribution in [0.3, 0.4) is 0 Å². The zero-order valence-electron chi connectivity index (χ0n) is 11.8. The van der Waals surface area contributed by atoms with Crippen LogP contribution in [0.15, 0.2) is 24.3 Å². The van der Waals surface area contributed by atoms with Crippen molar-refractivity contribution in [1.82, 2.24) is 4.90 Å². The summed E-state index contributed by atoms with van der Waals surface area (Å²) in [5, 5.41) is 12.2. The molecule has 0 aromatic heterocycles. The van der Waals surface area contributed by atoms with Crippen LogP contribution in [0.5, 0.6) is 0 Å². The highest BCUT2D eigenvalue weighted by molar-refractivity contribution is 6.30. The van der Waals surface area contributed by atoms with Gasteiger partial charge in [0.1, 0.15) is 0 Å². The molecule has 2 N–H and O–H groups in total. The summed E-state index contributed by atoms with van der Waals surface area (Å²) in [6, 6.07) is 6.44. The second-order valence-electron chi connectivity index (χ2n) is 4.85. The molecule has 0 aliphatic heterocycles. The van der Waals surface area contributed by atoms with E-state index >= 15 is 0 Å². The summed E-state index contributed by atoms with van der Waals surface area (Å²) in [5.41, 5.74) is 0.619. The van der Waals surface area contributed by atoms with E-state index in [1.807, 2.05) is 0 Å². The number of halogens is 1. The number of carboxylic acid groups (broad SMARTS) is 1. The van der Waals surface area contributed by atoms with E-state index in [1.165, 1.54) is 0 Å². The van der Waals surface area contributed by atoms with Gasteiger partial charge < -0.3 is 10.4 Å². The number of nitrogens with one attached hydrogen (secondary N) is 1. The smallest absolute Gasteiger partial charge is 0.307 e. The maximum absolute atomic E-state index is 12.1. The number of anilines is 1. The maximum atomic E-state index is 12.1. The molecule has 110 valence electrons. The highest BCUT2D eigenvalue weighted by Gasteiger charge is 2.22. The third-order valence-corrected chi connectivity index (χ3v) is 3.35. The van der Waals surface area contributed by atoms with Crippen molar-refractivity contribution in [1.29, 1.82) is 0 Å². The van der Waals surface area contributed by atoms with E-state index in [4.69, 9.17) is 16.7 Å². The summed E-state index contributed by atoms with van der Waals surface area (Å²) in [6.45, 7) is 3.65. The van der Waals surface area contributed by atoms with Gasteiger partial charge in [0, 0.05) is 17.3 Å². The Morgan fingerprint density at radius 1 is 1.40 bits per heavy atom. The van der Waals surface area contributed by atoms with Crippen molar-refractivity contribution in [2.24, 2.45) is 5.92 Å². The largest absolute Gasteiger partial charge is 0.481 e. The number of hydrogen-bond acceptors (Lipinski definition) is 3. The van der Waals surface area contributed by atoms with Gasteiger partial charge in [-0.3, -0.25) is 14.5 Å². The summed E-state index contributed by atoms with van der Waals surface area (Å²) in [6.07, 6.45) is 0. The molecule has 2 unspecified atom stereocenters. The molecular formula is C14H19ClN2O3. The van der Waals surface area contributed by atoms with Crippen LogP contribution in [0.2, 0.25) is 5.02 Å². The number of carboxylic acids is 1. The van der Waals surface area contributed by atoms with Crippen molar-refractivity contribution in [3.05, 3.63) is 29.3 Å². The molecule has 20 heavy (non-hydrogen) atoms. The highest BCUT2D eigenvalue weighted by Crippen LogP contribution is 2.15. The van der Waals surface area contributed by atoms with E-state index in [2.05, 4.69) is 5.32 Å². The van der Waals surface area contributed by atoms with Gasteiger partial charge in [-0.05, 0) is 32.2 Å². The number of likely N-dealkylation sites (N-methyl/N-ethyl adjacent to an activating group) is 1. The van der Waals surface area contributed by atoms with Gasteiger partial charge >= 0.3 is 5.97 Å². The van der Waals surface area contributed by atoms with Crippen molar-refractivity contribution in [2.75, 3.05) is 18.9 Å². The van der Waals surface area contributed by atoms with Crippen molar-refractivity contribution in [3.63, 3.8) is 0 Å².